The lowest BCUT2D eigenvalue weighted by molar-refractivity contribution is 0.609. The second kappa shape index (κ2) is 1.92. The molecule has 1 aromatic carbocycles. The van der Waals surface area contributed by atoms with Gasteiger partial charge in [-0.3, -0.25) is 0 Å². The molecule has 0 aliphatic carbocycles. The van der Waals surface area contributed by atoms with Crippen molar-refractivity contribution in [2.45, 2.75) is 4.90 Å². The zero-order valence-electron chi connectivity index (χ0n) is 5.56. The van der Waals surface area contributed by atoms with Gasteiger partial charge >= 0.3 is 0 Å². The largest absolute Gasteiger partial charge is 0.243 e. The molecule has 0 fully saturated rings. The molecule has 0 N–H and O–H groups in total. The van der Waals surface area contributed by atoms with Crippen LogP contribution in [0, 0.1) is 0 Å². The average molecular weight is 167 g/mol. The molecule has 1 heterocycles. The maximum Gasteiger partial charge on any atom is 0.219 e. The highest BCUT2D eigenvalue weighted by atomic mass is 32.2. The Morgan fingerprint density at radius 3 is 2.64 bits per heavy atom. The Bertz CT molecular complexity index is 420. The van der Waals surface area contributed by atoms with Crippen molar-refractivity contribution < 1.29 is 8.42 Å². The first-order chi connectivity index (χ1) is 5.20. The molecule has 0 bridgehead atoms. The van der Waals surface area contributed by atoms with Gasteiger partial charge in [0.15, 0.2) is 0 Å². The summed E-state index contributed by atoms with van der Waals surface area (Å²) in [6.07, 6.45) is 0. The highest BCUT2D eigenvalue weighted by Gasteiger charge is 2.20. The smallest absolute Gasteiger partial charge is 0.219 e. The number of hydrogen-bond acceptors (Lipinski definition) is 3. The Morgan fingerprint density at radius 1 is 1.18 bits per heavy atom. The minimum absolute atomic E-state index is 0.306. The predicted molar refractivity (Wildman–Crippen MR) is 41.8 cm³/mol. The Morgan fingerprint density at radius 2 is 1.91 bits per heavy atom. The van der Waals surface area contributed by atoms with E-state index >= 15 is 0 Å². The van der Waals surface area contributed by atoms with Gasteiger partial charge in [0, 0.05) is 0 Å². The number of nitrogens with zero attached hydrogens (tertiary/aromatic N) is 1. The summed E-state index contributed by atoms with van der Waals surface area (Å²) in [5.41, 5.74) is 1.52. The van der Waals surface area contributed by atoms with Crippen molar-refractivity contribution in [3.63, 3.8) is 0 Å². The van der Waals surface area contributed by atoms with E-state index in [0.717, 1.165) is 5.55 Å². The fourth-order valence-electron chi connectivity index (χ4n) is 0.987. The van der Waals surface area contributed by atoms with Crippen molar-refractivity contribution >= 4 is 21.1 Å². The number of aliphatic imine (C=N–C) groups is 1. The Hall–Kier alpha value is -1.16. The van der Waals surface area contributed by atoms with Crippen LogP contribution in [0.3, 0.4) is 0 Å². The summed E-state index contributed by atoms with van der Waals surface area (Å²) in [7, 11) is -3.20. The summed E-state index contributed by atoms with van der Waals surface area (Å²) in [5.74, 6) is 0. The molecule has 0 unspecified atom stereocenters. The first-order valence-corrected chi connectivity index (χ1v) is 4.63. The molecule has 56 valence electrons. The Balaban J connectivity index is 2.84. The summed E-state index contributed by atoms with van der Waals surface area (Å²) < 4.78 is 22.2. The topological polar surface area (TPSA) is 46.5 Å². The number of para-hydroxylation sites is 1. The molecule has 0 radical (unpaired) electrons. The average Bonchev–Trinajstić information content (AvgIpc) is 2.29. The van der Waals surface area contributed by atoms with Crippen LogP contribution in [0.2, 0.25) is 0 Å². The molecule has 1 aliphatic rings. The maximum absolute atomic E-state index is 11.1. The standard InChI is InChI=1S/C7H5NO2S/c9-11(10)5-8-6-3-1-2-4-7(6)11/h1-5H. The lowest BCUT2D eigenvalue weighted by Crippen LogP contribution is -1.95. The number of fused-ring (bicyclic) bond motifs is 1. The minimum Gasteiger partial charge on any atom is -0.243 e. The van der Waals surface area contributed by atoms with Gasteiger partial charge in [-0.05, 0) is 12.1 Å². The van der Waals surface area contributed by atoms with Crippen LogP contribution in [-0.2, 0) is 9.84 Å². The first kappa shape index (κ1) is 6.54. The van der Waals surface area contributed by atoms with Gasteiger partial charge < -0.3 is 0 Å². The third-order valence-electron chi connectivity index (χ3n) is 1.50. The SMILES string of the molecule is O=S1(=O)C=Nc2ccccc21. The fraction of sp³-hybridized carbons (Fsp3) is 0. The molecular weight excluding hydrogens is 162 g/mol. The van der Waals surface area contributed by atoms with Crippen molar-refractivity contribution in [1.82, 2.24) is 0 Å². The molecule has 2 rings (SSSR count). The lowest BCUT2D eigenvalue weighted by Gasteiger charge is -1.92. The highest BCUT2D eigenvalue weighted by Crippen LogP contribution is 2.28. The van der Waals surface area contributed by atoms with Crippen LogP contribution >= 0.6 is 0 Å². The zero-order chi connectivity index (χ0) is 7.90. The second-order valence-corrected chi connectivity index (χ2v) is 3.99. The summed E-state index contributed by atoms with van der Waals surface area (Å²) in [6.45, 7) is 0. The molecule has 3 nitrogen and oxygen atoms in total. The summed E-state index contributed by atoms with van der Waals surface area (Å²) in [4.78, 5) is 4.04. The van der Waals surface area contributed by atoms with Crippen molar-refractivity contribution in [1.29, 1.82) is 0 Å². The van der Waals surface area contributed by atoms with E-state index in [0.29, 0.717) is 10.6 Å². The monoisotopic (exact) mass is 167 g/mol. The van der Waals surface area contributed by atoms with E-state index in [1.807, 2.05) is 0 Å². The fourth-order valence-corrected chi connectivity index (χ4v) is 2.03. The molecule has 0 saturated heterocycles. The normalized spacial score (nSPS) is 18.2. The van der Waals surface area contributed by atoms with Gasteiger partial charge in [-0.25, -0.2) is 13.4 Å². The number of rotatable bonds is 0. The molecule has 1 aliphatic heterocycles. The van der Waals surface area contributed by atoms with Gasteiger partial charge in [-0.2, -0.15) is 0 Å². The van der Waals surface area contributed by atoms with Gasteiger partial charge in [0.25, 0.3) is 0 Å². The third-order valence-corrected chi connectivity index (χ3v) is 2.84. The number of benzene rings is 1. The molecule has 4 heteroatoms. The quantitative estimate of drug-likeness (QED) is 0.581. The van der Waals surface area contributed by atoms with Gasteiger partial charge in [0.2, 0.25) is 9.84 Å². The Kier molecular flexibility index (Phi) is 1.14. The van der Waals surface area contributed by atoms with Crippen LogP contribution in [0.1, 0.15) is 0 Å². The number of hydrogen-bond donors (Lipinski definition) is 0. The van der Waals surface area contributed by atoms with Crippen molar-refractivity contribution in [2.75, 3.05) is 0 Å². The molecule has 0 amide bonds. The number of sulfone groups is 1. The van der Waals surface area contributed by atoms with Gasteiger partial charge in [0.05, 0.1) is 10.6 Å². The molecular formula is C7H5NO2S. The summed E-state index contributed by atoms with van der Waals surface area (Å²) in [6, 6.07) is 6.68. The van der Waals surface area contributed by atoms with Crippen molar-refractivity contribution in [2.24, 2.45) is 4.99 Å². The van der Waals surface area contributed by atoms with Gasteiger partial charge in [-0.1, -0.05) is 12.1 Å². The van der Waals surface area contributed by atoms with Crippen LogP contribution in [0.15, 0.2) is 34.2 Å². The molecule has 0 atom stereocenters. The maximum atomic E-state index is 11.1. The van der Waals surface area contributed by atoms with Gasteiger partial charge in [-0.15, -0.1) is 0 Å². The lowest BCUT2D eigenvalue weighted by atomic mass is 10.3. The minimum atomic E-state index is -3.20. The van der Waals surface area contributed by atoms with E-state index in [-0.39, 0.29) is 0 Å². The zero-order valence-corrected chi connectivity index (χ0v) is 6.38. The van der Waals surface area contributed by atoms with E-state index in [2.05, 4.69) is 4.99 Å². The van der Waals surface area contributed by atoms with Crippen LogP contribution < -0.4 is 0 Å². The van der Waals surface area contributed by atoms with Crippen LogP contribution in [0.4, 0.5) is 5.69 Å². The van der Waals surface area contributed by atoms with Crippen LogP contribution in [0.25, 0.3) is 0 Å². The molecule has 11 heavy (non-hydrogen) atoms. The highest BCUT2D eigenvalue weighted by molar-refractivity contribution is 8.05. The summed E-state index contributed by atoms with van der Waals surface area (Å²) in [5, 5.41) is 0. The molecule has 0 aromatic heterocycles. The van der Waals surface area contributed by atoms with E-state index in [1.165, 1.54) is 0 Å². The van der Waals surface area contributed by atoms with E-state index in [4.69, 9.17) is 0 Å². The van der Waals surface area contributed by atoms with Crippen molar-refractivity contribution in [3.05, 3.63) is 24.3 Å². The van der Waals surface area contributed by atoms with Gasteiger partial charge in [0.1, 0.15) is 5.55 Å². The van der Waals surface area contributed by atoms with E-state index < -0.39 is 9.84 Å². The van der Waals surface area contributed by atoms with E-state index in [1.54, 1.807) is 24.3 Å². The molecule has 0 saturated carbocycles. The first-order valence-electron chi connectivity index (χ1n) is 3.08. The predicted octanol–water partition coefficient (Wildman–Crippen LogP) is 1.13. The molecule has 0 spiro atoms. The summed E-state index contributed by atoms with van der Waals surface area (Å²) >= 11 is 0. The Labute approximate surface area is 64.3 Å². The molecule has 1 aromatic rings. The third kappa shape index (κ3) is 0.867. The van der Waals surface area contributed by atoms with Crippen LogP contribution in [-0.4, -0.2) is 14.0 Å². The van der Waals surface area contributed by atoms with Crippen molar-refractivity contribution in [3.8, 4) is 0 Å². The van der Waals surface area contributed by atoms with E-state index in [9.17, 15) is 8.42 Å². The second-order valence-electron chi connectivity index (χ2n) is 2.25. The van der Waals surface area contributed by atoms with Crippen LogP contribution in [0.5, 0.6) is 0 Å².